The molecule has 0 bridgehead atoms. The van der Waals surface area contributed by atoms with Gasteiger partial charge in [-0.3, -0.25) is 4.68 Å². The Morgan fingerprint density at radius 1 is 1.30 bits per heavy atom. The van der Waals surface area contributed by atoms with Crippen molar-refractivity contribution in [1.82, 2.24) is 20.3 Å². The summed E-state index contributed by atoms with van der Waals surface area (Å²) >= 11 is 0. The normalized spacial score (nSPS) is 12.8. The van der Waals surface area contributed by atoms with Crippen molar-refractivity contribution in [1.29, 1.82) is 0 Å². The van der Waals surface area contributed by atoms with Crippen LogP contribution >= 0.6 is 0 Å². The van der Waals surface area contributed by atoms with Gasteiger partial charge in [0.1, 0.15) is 0 Å². The Labute approximate surface area is 121 Å². The van der Waals surface area contributed by atoms with Crippen LogP contribution in [-0.2, 0) is 13.5 Å². The van der Waals surface area contributed by atoms with Crippen LogP contribution in [0.2, 0.25) is 0 Å². The molecule has 2 aromatic rings. The molecule has 1 heterocycles. The lowest BCUT2D eigenvalue weighted by Crippen LogP contribution is -2.29. The molecule has 0 fully saturated rings. The number of nitrogens with zero attached hydrogens (tertiary/aromatic N) is 3. The SMILES string of the molecule is Cc1cccc(C(CNC(C)C)Cc2cn(C)nn2)c1. The summed E-state index contributed by atoms with van der Waals surface area (Å²) < 4.78 is 1.76. The lowest BCUT2D eigenvalue weighted by molar-refractivity contribution is 0.523. The molecule has 20 heavy (non-hydrogen) atoms. The highest BCUT2D eigenvalue weighted by atomic mass is 15.4. The van der Waals surface area contributed by atoms with E-state index < -0.39 is 0 Å². The molecule has 0 aliphatic heterocycles. The van der Waals surface area contributed by atoms with Crippen molar-refractivity contribution >= 4 is 0 Å². The van der Waals surface area contributed by atoms with E-state index in [4.69, 9.17) is 0 Å². The Bertz CT molecular complexity index is 545. The molecule has 108 valence electrons. The third kappa shape index (κ3) is 4.17. The molecule has 0 saturated carbocycles. The Kier molecular flexibility index (Phi) is 4.90. The fraction of sp³-hybridized carbons (Fsp3) is 0.500. The predicted octanol–water partition coefficient (Wildman–Crippen LogP) is 2.45. The van der Waals surface area contributed by atoms with E-state index in [0.29, 0.717) is 12.0 Å². The first-order valence-corrected chi connectivity index (χ1v) is 7.19. The molecular weight excluding hydrogens is 248 g/mol. The van der Waals surface area contributed by atoms with E-state index >= 15 is 0 Å². The highest BCUT2D eigenvalue weighted by Gasteiger charge is 2.15. The number of benzene rings is 1. The molecule has 1 aromatic heterocycles. The van der Waals surface area contributed by atoms with Gasteiger partial charge in [-0.2, -0.15) is 0 Å². The third-order valence-corrected chi connectivity index (χ3v) is 3.39. The molecule has 4 heteroatoms. The summed E-state index contributed by atoms with van der Waals surface area (Å²) in [7, 11) is 1.91. The fourth-order valence-electron chi connectivity index (χ4n) is 2.35. The Balaban J connectivity index is 2.15. The quantitative estimate of drug-likeness (QED) is 0.878. The molecule has 0 spiro atoms. The average molecular weight is 272 g/mol. The zero-order valence-electron chi connectivity index (χ0n) is 12.8. The van der Waals surface area contributed by atoms with Gasteiger partial charge in [-0.1, -0.05) is 48.9 Å². The second-order valence-electron chi connectivity index (χ2n) is 5.76. The zero-order valence-corrected chi connectivity index (χ0v) is 12.8. The molecule has 1 unspecified atom stereocenters. The van der Waals surface area contributed by atoms with Crippen molar-refractivity contribution in [3.05, 3.63) is 47.3 Å². The third-order valence-electron chi connectivity index (χ3n) is 3.39. The van der Waals surface area contributed by atoms with Gasteiger partial charge in [0.15, 0.2) is 0 Å². The average Bonchev–Trinajstić information content (AvgIpc) is 2.80. The second-order valence-corrected chi connectivity index (χ2v) is 5.76. The van der Waals surface area contributed by atoms with E-state index in [0.717, 1.165) is 18.7 Å². The molecule has 0 saturated heterocycles. The summed E-state index contributed by atoms with van der Waals surface area (Å²) in [4.78, 5) is 0. The predicted molar refractivity (Wildman–Crippen MR) is 81.8 cm³/mol. The summed E-state index contributed by atoms with van der Waals surface area (Å²) in [6.07, 6.45) is 2.91. The van der Waals surface area contributed by atoms with E-state index in [1.165, 1.54) is 11.1 Å². The van der Waals surface area contributed by atoms with Gasteiger partial charge in [0, 0.05) is 38.2 Å². The highest BCUT2D eigenvalue weighted by Crippen LogP contribution is 2.20. The molecule has 0 radical (unpaired) electrons. The summed E-state index contributed by atoms with van der Waals surface area (Å²) in [6.45, 7) is 7.45. The lowest BCUT2D eigenvalue weighted by Gasteiger charge is -2.19. The molecule has 0 aliphatic carbocycles. The van der Waals surface area contributed by atoms with Crippen LogP contribution in [0.5, 0.6) is 0 Å². The molecule has 1 atom stereocenters. The largest absolute Gasteiger partial charge is 0.314 e. The summed E-state index contributed by atoms with van der Waals surface area (Å²) in [6, 6.07) is 9.23. The van der Waals surface area contributed by atoms with Gasteiger partial charge in [0.05, 0.1) is 5.69 Å². The van der Waals surface area contributed by atoms with Gasteiger partial charge in [0.2, 0.25) is 0 Å². The number of rotatable bonds is 6. The van der Waals surface area contributed by atoms with Crippen molar-refractivity contribution in [3.63, 3.8) is 0 Å². The molecule has 1 aromatic carbocycles. The maximum absolute atomic E-state index is 4.22. The molecule has 4 nitrogen and oxygen atoms in total. The number of hydrogen-bond donors (Lipinski definition) is 1. The van der Waals surface area contributed by atoms with E-state index in [1.54, 1.807) is 4.68 Å². The number of hydrogen-bond acceptors (Lipinski definition) is 3. The van der Waals surface area contributed by atoms with Gasteiger partial charge in [0.25, 0.3) is 0 Å². The topological polar surface area (TPSA) is 42.7 Å². The van der Waals surface area contributed by atoms with Crippen LogP contribution in [-0.4, -0.2) is 27.6 Å². The van der Waals surface area contributed by atoms with Gasteiger partial charge < -0.3 is 5.32 Å². The molecule has 0 amide bonds. The van der Waals surface area contributed by atoms with Crippen LogP contribution < -0.4 is 5.32 Å². The Morgan fingerprint density at radius 3 is 2.70 bits per heavy atom. The molecule has 2 rings (SSSR count). The summed E-state index contributed by atoms with van der Waals surface area (Å²) in [5, 5.41) is 11.8. The van der Waals surface area contributed by atoms with Crippen LogP contribution in [0.15, 0.2) is 30.5 Å². The van der Waals surface area contributed by atoms with Crippen molar-refractivity contribution in [2.75, 3.05) is 6.54 Å². The lowest BCUT2D eigenvalue weighted by atomic mass is 9.93. The van der Waals surface area contributed by atoms with Crippen LogP contribution in [0.3, 0.4) is 0 Å². The summed E-state index contributed by atoms with van der Waals surface area (Å²) in [5.74, 6) is 0.425. The minimum atomic E-state index is 0.425. The molecular formula is C16H24N4. The van der Waals surface area contributed by atoms with Gasteiger partial charge in [-0.05, 0) is 12.5 Å². The van der Waals surface area contributed by atoms with Crippen molar-refractivity contribution < 1.29 is 0 Å². The zero-order chi connectivity index (χ0) is 14.5. The Morgan fingerprint density at radius 2 is 2.10 bits per heavy atom. The minimum Gasteiger partial charge on any atom is -0.314 e. The van der Waals surface area contributed by atoms with E-state index in [1.807, 2.05) is 13.2 Å². The van der Waals surface area contributed by atoms with Crippen molar-refractivity contribution in [2.45, 2.75) is 39.2 Å². The van der Waals surface area contributed by atoms with Crippen LogP contribution in [0, 0.1) is 6.92 Å². The van der Waals surface area contributed by atoms with Gasteiger partial charge >= 0.3 is 0 Å². The van der Waals surface area contributed by atoms with Crippen molar-refractivity contribution in [2.24, 2.45) is 7.05 Å². The number of nitrogens with one attached hydrogen (secondary N) is 1. The monoisotopic (exact) mass is 272 g/mol. The van der Waals surface area contributed by atoms with Crippen LogP contribution in [0.25, 0.3) is 0 Å². The van der Waals surface area contributed by atoms with E-state index in [2.05, 4.69) is 60.7 Å². The minimum absolute atomic E-state index is 0.425. The van der Waals surface area contributed by atoms with E-state index in [-0.39, 0.29) is 0 Å². The van der Waals surface area contributed by atoms with Crippen LogP contribution in [0.1, 0.15) is 36.6 Å². The number of aromatic nitrogens is 3. The van der Waals surface area contributed by atoms with Gasteiger partial charge in [-0.25, -0.2) is 0 Å². The first kappa shape index (κ1) is 14.7. The second kappa shape index (κ2) is 6.66. The fourth-order valence-corrected chi connectivity index (χ4v) is 2.35. The van der Waals surface area contributed by atoms with Crippen molar-refractivity contribution in [3.8, 4) is 0 Å². The smallest absolute Gasteiger partial charge is 0.0833 e. The standard InChI is InChI=1S/C16H24N4/c1-12(2)17-10-15(9-16-11-20(4)19-18-16)14-7-5-6-13(3)8-14/h5-8,11-12,15,17H,9-10H2,1-4H3. The number of aryl methyl sites for hydroxylation is 2. The van der Waals surface area contributed by atoms with E-state index in [9.17, 15) is 0 Å². The first-order chi connectivity index (χ1) is 9.54. The van der Waals surface area contributed by atoms with Gasteiger partial charge in [-0.15, -0.1) is 5.10 Å². The maximum Gasteiger partial charge on any atom is 0.0833 e. The summed E-state index contributed by atoms with van der Waals surface area (Å²) in [5.41, 5.74) is 3.71. The van der Waals surface area contributed by atoms with Crippen LogP contribution in [0.4, 0.5) is 0 Å². The molecule has 1 N–H and O–H groups in total. The maximum atomic E-state index is 4.22. The molecule has 0 aliphatic rings. The first-order valence-electron chi connectivity index (χ1n) is 7.19. The highest BCUT2D eigenvalue weighted by molar-refractivity contribution is 5.26. The Hall–Kier alpha value is -1.68.